The van der Waals surface area contributed by atoms with E-state index in [4.69, 9.17) is 11.2 Å². The van der Waals surface area contributed by atoms with Gasteiger partial charge in [0, 0.05) is 17.8 Å². The molecule has 0 aliphatic heterocycles. The van der Waals surface area contributed by atoms with Gasteiger partial charge < -0.3 is 10.1 Å². The third-order valence-corrected chi connectivity index (χ3v) is 3.54. The molecule has 0 unspecified atom stereocenters. The quantitative estimate of drug-likeness (QED) is 0.597. The zero-order valence-corrected chi connectivity index (χ0v) is 13.4. The topological polar surface area (TPSA) is 21.3 Å². The normalized spacial score (nSPS) is 10.0. The molecule has 0 amide bonds. The minimum Gasteiger partial charge on any atom is -0.493 e. The van der Waals surface area contributed by atoms with Gasteiger partial charge in [-0.2, -0.15) is 0 Å². The summed E-state index contributed by atoms with van der Waals surface area (Å²) in [6.07, 6.45) is 7.44. The molecule has 2 heteroatoms. The summed E-state index contributed by atoms with van der Waals surface area (Å²) in [5, 5.41) is 3.39. The Morgan fingerprint density at radius 1 is 1.05 bits per heavy atom. The fraction of sp³-hybridized carbons (Fsp3) is 0.300. The first kappa shape index (κ1) is 16.0. The molecule has 1 N–H and O–H groups in total. The largest absolute Gasteiger partial charge is 0.493 e. The Morgan fingerprint density at radius 3 is 2.50 bits per heavy atom. The summed E-state index contributed by atoms with van der Waals surface area (Å²) in [5.74, 6) is 3.61. The third kappa shape index (κ3) is 4.86. The highest BCUT2D eigenvalue weighted by molar-refractivity contribution is 5.47. The van der Waals surface area contributed by atoms with Crippen molar-refractivity contribution in [3.63, 3.8) is 0 Å². The van der Waals surface area contributed by atoms with E-state index in [1.807, 2.05) is 24.3 Å². The molecule has 0 aliphatic carbocycles. The number of unbranched alkanes of at least 4 members (excludes halogenated alkanes) is 1. The van der Waals surface area contributed by atoms with Gasteiger partial charge in [-0.25, -0.2) is 0 Å². The predicted octanol–water partition coefficient (Wildman–Crippen LogP) is 4.56. The molecule has 0 saturated carbocycles. The first-order valence-electron chi connectivity index (χ1n) is 7.69. The van der Waals surface area contributed by atoms with Crippen molar-refractivity contribution < 1.29 is 4.74 Å². The molecule has 0 radical (unpaired) electrons. The van der Waals surface area contributed by atoms with Gasteiger partial charge in [0.1, 0.15) is 5.75 Å². The van der Waals surface area contributed by atoms with Crippen molar-refractivity contribution in [1.29, 1.82) is 0 Å². The molecule has 0 aromatic heterocycles. The smallest absolute Gasteiger partial charge is 0.122 e. The molecular formula is C20H23NO. The van der Waals surface area contributed by atoms with Crippen LogP contribution in [-0.4, -0.2) is 13.2 Å². The van der Waals surface area contributed by atoms with Gasteiger partial charge in [0.15, 0.2) is 0 Å². The fourth-order valence-electron chi connectivity index (χ4n) is 2.29. The Labute approximate surface area is 133 Å². The van der Waals surface area contributed by atoms with Crippen molar-refractivity contribution in [2.45, 2.75) is 26.7 Å². The molecule has 2 aromatic carbocycles. The van der Waals surface area contributed by atoms with Crippen LogP contribution >= 0.6 is 0 Å². The van der Waals surface area contributed by atoms with E-state index in [9.17, 15) is 0 Å². The van der Waals surface area contributed by atoms with E-state index < -0.39 is 0 Å². The highest BCUT2D eigenvalue weighted by Crippen LogP contribution is 2.19. The second-order valence-electron chi connectivity index (χ2n) is 5.47. The number of aryl methyl sites for hydroxylation is 2. The number of nitrogens with one attached hydrogen (secondary N) is 1. The zero-order valence-electron chi connectivity index (χ0n) is 13.4. The maximum absolute atomic E-state index is 5.82. The van der Waals surface area contributed by atoms with Crippen LogP contribution in [0.5, 0.6) is 5.75 Å². The first-order valence-corrected chi connectivity index (χ1v) is 7.69. The van der Waals surface area contributed by atoms with Crippen molar-refractivity contribution in [3.05, 3.63) is 59.2 Å². The SMILES string of the molecule is C#Cc1ccc(NCCCCOc2ccc(C)cc2C)cc1. The average Bonchev–Trinajstić information content (AvgIpc) is 2.53. The Hall–Kier alpha value is -2.40. The Balaban J connectivity index is 1.64. The van der Waals surface area contributed by atoms with E-state index in [1.54, 1.807) is 0 Å². The van der Waals surface area contributed by atoms with Gasteiger partial charge in [-0.15, -0.1) is 6.42 Å². The highest BCUT2D eigenvalue weighted by atomic mass is 16.5. The minimum absolute atomic E-state index is 0.752. The fourth-order valence-corrected chi connectivity index (χ4v) is 2.29. The summed E-state index contributed by atoms with van der Waals surface area (Å²) in [7, 11) is 0. The second-order valence-corrected chi connectivity index (χ2v) is 5.47. The average molecular weight is 293 g/mol. The number of terminal acetylenes is 1. The van der Waals surface area contributed by atoms with Crippen LogP contribution < -0.4 is 10.1 Å². The lowest BCUT2D eigenvalue weighted by molar-refractivity contribution is 0.306. The van der Waals surface area contributed by atoms with Gasteiger partial charge in [0.25, 0.3) is 0 Å². The summed E-state index contributed by atoms with van der Waals surface area (Å²) in [6, 6.07) is 14.2. The van der Waals surface area contributed by atoms with Crippen LogP contribution in [-0.2, 0) is 0 Å². The second kappa shape index (κ2) is 8.14. The van der Waals surface area contributed by atoms with Crippen LogP contribution in [0.4, 0.5) is 5.69 Å². The summed E-state index contributed by atoms with van der Waals surface area (Å²) >= 11 is 0. The van der Waals surface area contributed by atoms with Crippen LogP contribution in [0.25, 0.3) is 0 Å². The van der Waals surface area contributed by atoms with E-state index in [-0.39, 0.29) is 0 Å². The number of hydrogen-bond acceptors (Lipinski definition) is 2. The van der Waals surface area contributed by atoms with Crippen molar-refractivity contribution in [2.24, 2.45) is 0 Å². The predicted molar refractivity (Wildman–Crippen MR) is 93.5 cm³/mol. The van der Waals surface area contributed by atoms with E-state index in [0.717, 1.165) is 43.0 Å². The third-order valence-electron chi connectivity index (χ3n) is 3.54. The molecule has 0 atom stereocenters. The molecule has 0 aliphatic rings. The number of anilines is 1. The van der Waals surface area contributed by atoms with Gasteiger partial charge in [0.05, 0.1) is 6.61 Å². The molecule has 0 saturated heterocycles. The van der Waals surface area contributed by atoms with Crippen LogP contribution in [0.3, 0.4) is 0 Å². The van der Waals surface area contributed by atoms with Crippen molar-refractivity contribution >= 4 is 5.69 Å². The van der Waals surface area contributed by atoms with Crippen molar-refractivity contribution in [2.75, 3.05) is 18.5 Å². The first-order chi connectivity index (χ1) is 10.7. The molecular weight excluding hydrogens is 270 g/mol. The summed E-state index contributed by atoms with van der Waals surface area (Å²) in [5.41, 5.74) is 4.48. The van der Waals surface area contributed by atoms with E-state index in [0.29, 0.717) is 0 Å². The van der Waals surface area contributed by atoms with E-state index >= 15 is 0 Å². The highest BCUT2D eigenvalue weighted by Gasteiger charge is 1.99. The number of hydrogen-bond donors (Lipinski definition) is 1. The molecule has 2 rings (SSSR count). The number of ether oxygens (including phenoxy) is 1. The summed E-state index contributed by atoms with van der Waals surface area (Å²) in [4.78, 5) is 0. The molecule has 2 aromatic rings. The number of rotatable bonds is 7. The van der Waals surface area contributed by atoms with E-state index in [1.165, 1.54) is 11.1 Å². The van der Waals surface area contributed by atoms with Crippen molar-refractivity contribution in [3.8, 4) is 18.1 Å². The van der Waals surface area contributed by atoms with Crippen LogP contribution in [0.15, 0.2) is 42.5 Å². The lowest BCUT2D eigenvalue weighted by Crippen LogP contribution is -2.05. The lowest BCUT2D eigenvalue weighted by atomic mass is 10.1. The molecule has 114 valence electrons. The zero-order chi connectivity index (χ0) is 15.8. The van der Waals surface area contributed by atoms with Gasteiger partial charge >= 0.3 is 0 Å². The van der Waals surface area contributed by atoms with E-state index in [2.05, 4.69) is 43.3 Å². The van der Waals surface area contributed by atoms with Gasteiger partial charge in [-0.3, -0.25) is 0 Å². The Bertz CT molecular complexity index is 638. The molecule has 2 nitrogen and oxygen atoms in total. The Morgan fingerprint density at radius 2 is 1.82 bits per heavy atom. The van der Waals surface area contributed by atoms with Gasteiger partial charge in [-0.05, 0) is 62.6 Å². The maximum Gasteiger partial charge on any atom is 0.122 e. The monoisotopic (exact) mass is 293 g/mol. The lowest BCUT2D eigenvalue weighted by Gasteiger charge is -2.10. The van der Waals surface area contributed by atoms with Crippen LogP contribution in [0.2, 0.25) is 0 Å². The van der Waals surface area contributed by atoms with Crippen LogP contribution in [0, 0.1) is 26.2 Å². The molecule has 0 bridgehead atoms. The number of benzene rings is 2. The Kier molecular flexibility index (Phi) is 5.91. The maximum atomic E-state index is 5.82. The molecule has 22 heavy (non-hydrogen) atoms. The van der Waals surface area contributed by atoms with Crippen LogP contribution in [0.1, 0.15) is 29.5 Å². The minimum atomic E-state index is 0.752. The summed E-state index contributed by atoms with van der Waals surface area (Å²) < 4.78 is 5.82. The standard InChI is InChI=1S/C20H23NO/c1-4-18-8-10-19(11-9-18)21-13-5-6-14-22-20-12-7-16(2)15-17(20)3/h1,7-12,15,21H,5-6,13-14H2,2-3H3. The molecule has 0 fully saturated rings. The molecule has 0 spiro atoms. The van der Waals surface area contributed by atoms with Gasteiger partial charge in [0.2, 0.25) is 0 Å². The molecule has 0 heterocycles. The van der Waals surface area contributed by atoms with Crippen molar-refractivity contribution in [1.82, 2.24) is 0 Å². The van der Waals surface area contributed by atoms with Gasteiger partial charge in [-0.1, -0.05) is 23.6 Å². The summed E-state index contributed by atoms with van der Waals surface area (Å²) in [6.45, 7) is 5.87.